The monoisotopic (exact) mass is 482 g/mol. The first-order chi connectivity index (χ1) is 15.8. The predicted octanol–water partition coefficient (Wildman–Crippen LogP) is 0.894. The van der Waals surface area contributed by atoms with Crippen molar-refractivity contribution < 1.29 is 44.2 Å². The second kappa shape index (κ2) is 7.78. The molecule has 11 atom stereocenters. The van der Waals surface area contributed by atoms with Gasteiger partial charge in [-0.25, -0.2) is 0 Å². The van der Waals surface area contributed by atoms with Crippen molar-refractivity contribution in [2.45, 2.75) is 102 Å². The first-order valence-electron chi connectivity index (χ1n) is 12.6. The molecule has 5 rings (SSSR count). The van der Waals surface area contributed by atoms with Crippen molar-refractivity contribution in [1.82, 2.24) is 0 Å². The van der Waals surface area contributed by atoms with Crippen LogP contribution in [-0.4, -0.2) is 74.8 Å². The minimum atomic E-state index is -2.44. The molecule has 9 heteroatoms. The molecule has 3 aliphatic heterocycles. The molecule has 2 aliphatic carbocycles. The summed E-state index contributed by atoms with van der Waals surface area (Å²) < 4.78 is 17.4. The van der Waals surface area contributed by atoms with E-state index in [4.69, 9.17) is 14.2 Å². The highest BCUT2D eigenvalue weighted by Gasteiger charge is 2.80. The van der Waals surface area contributed by atoms with Crippen molar-refractivity contribution in [1.29, 1.82) is 0 Å². The van der Waals surface area contributed by atoms with Gasteiger partial charge < -0.3 is 34.6 Å². The summed E-state index contributed by atoms with van der Waals surface area (Å²) in [6, 6.07) is 0. The summed E-state index contributed by atoms with van der Waals surface area (Å²) in [5.74, 6) is -4.05. The van der Waals surface area contributed by atoms with Crippen molar-refractivity contribution >= 4 is 11.6 Å². The van der Waals surface area contributed by atoms with Crippen molar-refractivity contribution in [2.75, 3.05) is 6.61 Å². The van der Waals surface area contributed by atoms with Crippen LogP contribution < -0.4 is 0 Å². The lowest BCUT2D eigenvalue weighted by atomic mass is 9.53. The Morgan fingerprint density at radius 1 is 1.15 bits per heavy atom. The fourth-order valence-corrected chi connectivity index (χ4v) is 7.56. The number of rotatable bonds is 4. The Morgan fingerprint density at radius 3 is 2.53 bits per heavy atom. The zero-order valence-corrected chi connectivity index (χ0v) is 20.4. The normalized spacial score (nSPS) is 54.4. The highest BCUT2D eigenvalue weighted by Crippen LogP contribution is 2.65. The molecule has 0 amide bonds. The molecule has 3 saturated heterocycles. The Labute approximate surface area is 199 Å². The summed E-state index contributed by atoms with van der Waals surface area (Å²) in [5.41, 5.74) is -3.38. The van der Waals surface area contributed by atoms with Gasteiger partial charge in [0.05, 0.1) is 12.7 Å². The molecule has 9 nitrogen and oxygen atoms in total. The van der Waals surface area contributed by atoms with E-state index in [9.17, 15) is 30.0 Å². The Hall–Kier alpha value is -0.940. The summed E-state index contributed by atoms with van der Waals surface area (Å²) in [6.07, 6.45) is -1.97. The van der Waals surface area contributed by atoms with E-state index in [2.05, 4.69) is 0 Å². The van der Waals surface area contributed by atoms with Crippen LogP contribution in [0.3, 0.4) is 0 Å². The molecule has 4 N–H and O–H groups in total. The minimum Gasteiger partial charge on any atom is -0.385 e. The largest absolute Gasteiger partial charge is 0.385 e. The Bertz CT molecular complexity index is 876. The van der Waals surface area contributed by atoms with Gasteiger partial charge in [-0.15, -0.1) is 0 Å². The SMILES string of the molecule is CC(C)C(=O)CC[C@]1(C)CC[C@@]2(C)C3O[C@@H]4OC[C@@H](O)[C@]5(O)O[C@H](O)[C@@H](CC[C@@H]2C1=O)[C@H]3C45O. The number of aliphatic hydroxyl groups excluding tert-OH is 2. The van der Waals surface area contributed by atoms with Crippen LogP contribution >= 0.6 is 0 Å². The molecule has 0 spiro atoms. The number of Topliss-reactive ketones (excluding diaryl/α,β-unsaturated/α-hetero) is 2. The van der Waals surface area contributed by atoms with Crippen LogP contribution in [0.1, 0.15) is 66.2 Å². The van der Waals surface area contributed by atoms with Gasteiger partial charge in [0.25, 0.3) is 0 Å². The minimum absolute atomic E-state index is 0.0693. The van der Waals surface area contributed by atoms with Gasteiger partial charge in [-0.1, -0.05) is 27.7 Å². The fraction of sp³-hybridized carbons (Fsp3) is 0.920. The standard InChI is InChI=1S/C25H38O9/c1-12(2)15(26)7-8-22(3)9-10-23(4)14(18(22)28)6-5-13-17-19(23)33-21-24(17,30)25(31,34-20(13)29)16(27)11-32-21/h12-14,16-17,19-21,27,29-31H,5-11H2,1-4H3/t13-,14+,16+,17+,19?,20-,21-,22+,23+,24?,25-/m0/s1. The van der Waals surface area contributed by atoms with Gasteiger partial charge in [0.2, 0.25) is 5.79 Å². The van der Waals surface area contributed by atoms with E-state index in [1.54, 1.807) is 0 Å². The van der Waals surface area contributed by atoms with Crippen LogP contribution in [0, 0.1) is 34.5 Å². The smallest absolute Gasteiger partial charge is 0.231 e. The number of hydrogen-bond acceptors (Lipinski definition) is 9. The lowest BCUT2D eigenvalue weighted by molar-refractivity contribution is -0.460. The Morgan fingerprint density at radius 2 is 1.85 bits per heavy atom. The third-order valence-corrected chi connectivity index (χ3v) is 9.95. The van der Waals surface area contributed by atoms with E-state index in [0.717, 1.165) is 0 Å². The fourth-order valence-electron chi connectivity index (χ4n) is 7.56. The van der Waals surface area contributed by atoms with Crippen molar-refractivity contribution in [3.05, 3.63) is 0 Å². The van der Waals surface area contributed by atoms with Crippen molar-refractivity contribution in [2.24, 2.45) is 34.5 Å². The van der Waals surface area contributed by atoms with Gasteiger partial charge in [0.1, 0.15) is 17.7 Å². The van der Waals surface area contributed by atoms with E-state index in [-0.39, 0.29) is 24.1 Å². The number of fused-ring (bicyclic) bond motifs is 2. The quantitative estimate of drug-likeness (QED) is 0.459. The van der Waals surface area contributed by atoms with Crippen LogP contribution in [0.2, 0.25) is 0 Å². The van der Waals surface area contributed by atoms with Gasteiger partial charge in [-0.05, 0) is 32.1 Å². The number of ketones is 2. The molecule has 0 aromatic carbocycles. The molecule has 0 radical (unpaired) electrons. The molecule has 3 heterocycles. The number of aliphatic hydroxyl groups is 4. The third-order valence-electron chi connectivity index (χ3n) is 9.95. The Kier molecular flexibility index (Phi) is 5.66. The second-order valence-corrected chi connectivity index (χ2v) is 12.1. The Balaban J connectivity index is 1.50. The van der Waals surface area contributed by atoms with Crippen LogP contribution in [0.5, 0.6) is 0 Å². The van der Waals surface area contributed by atoms with Crippen molar-refractivity contribution in [3.63, 3.8) is 0 Å². The molecule has 192 valence electrons. The van der Waals surface area contributed by atoms with Crippen LogP contribution in [-0.2, 0) is 23.8 Å². The molecule has 2 unspecified atom stereocenters. The first kappa shape index (κ1) is 24.7. The van der Waals surface area contributed by atoms with E-state index >= 15 is 0 Å². The number of ether oxygens (including phenoxy) is 3. The summed E-state index contributed by atoms with van der Waals surface area (Å²) in [7, 11) is 0. The molecular weight excluding hydrogens is 444 g/mol. The molecule has 5 aliphatic rings. The topological polar surface area (TPSA) is 143 Å². The molecule has 2 saturated carbocycles. The van der Waals surface area contributed by atoms with Gasteiger partial charge in [-0.3, -0.25) is 9.59 Å². The van der Waals surface area contributed by atoms with E-state index in [1.165, 1.54) is 0 Å². The van der Waals surface area contributed by atoms with E-state index in [1.807, 2.05) is 27.7 Å². The predicted molar refractivity (Wildman–Crippen MR) is 117 cm³/mol. The highest BCUT2D eigenvalue weighted by atomic mass is 16.8. The maximum absolute atomic E-state index is 14.0. The number of hydrogen-bond donors (Lipinski definition) is 4. The van der Waals surface area contributed by atoms with E-state index in [0.29, 0.717) is 38.5 Å². The lowest BCUT2D eigenvalue weighted by Gasteiger charge is -2.57. The van der Waals surface area contributed by atoms with Gasteiger partial charge >= 0.3 is 0 Å². The molecule has 5 fully saturated rings. The van der Waals surface area contributed by atoms with Crippen LogP contribution in [0.15, 0.2) is 0 Å². The summed E-state index contributed by atoms with van der Waals surface area (Å²) in [4.78, 5) is 26.2. The van der Waals surface area contributed by atoms with Gasteiger partial charge in [-0.2, -0.15) is 0 Å². The van der Waals surface area contributed by atoms with Crippen molar-refractivity contribution in [3.8, 4) is 0 Å². The maximum atomic E-state index is 14.0. The summed E-state index contributed by atoms with van der Waals surface area (Å²) >= 11 is 0. The maximum Gasteiger partial charge on any atom is 0.231 e. The average Bonchev–Trinajstić information content (AvgIpc) is 3.01. The molecular formula is C25H38O9. The average molecular weight is 483 g/mol. The molecule has 0 aromatic rings. The van der Waals surface area contributed by atoms with Gasteiger partial charge in [0, 0.05) is 40.9 Å². The van der Waals surface area contributed by atoms with Crippen LogP contribution in [0.25, 0.3) is 0 Å². The van der Waals surface area contributed by atoms with Gasteiger partial charge in [0.15, 0.2) is 18.2 Å². The third kappa shape index (κ3) is 3.04. The molecule has 34 heavy (non-hydrogen) atoms. The zero-order chi connectivity index (χ0) is 24.8. The number of carbonyl (C=O) groups excluding carboxylic acids is 2. The molecule has 0 aromatic heterocycles. The highest BCUT2D eigenvalue weighted by molar-refractivity contribution is 5.89. The second-order valence-electron chi connectivity index (χ2n) is 12.1. The zero-order valence-electron chi connectivity index (χ0n) is 20.4. The molecule has 0 bridgehead atoms. The van der Waals surface area contributed by atoms with Crippen LogP contribution in [0.4, 0.5) is 0 Å². The lowest BCUT2D eigenvalue weighted by Crippen LogP contribution is -2.78. The number of carbonyl (C=O) groups is 2. The first-order valence-corrected chi connectivity index (χ1v) is 12.6. The summed E-state index contributed by atoms with van der Waals surface area (Å²) in [5, 5.41) is 44.4. The summed E-state index contributed by atoms with van der Waals surface area (Å²) in [6.45, 7) is 7.35. The van der Waals surface area contributed by atoms with E-state index < -0.39 is 64.8 Å².